The summed E-state index contributed by atoms with van der Waals surface area (Å²) in [6.45, 7) is 6.77. The average molecular weight is 449 g/mol. The fourth-order valence-electron chi connectivity index (χ4n) is 7.78. The van der Waals surface area contributed by atoms with E-state index in [1.165, 1.54) is 5.57 Å². The molecule has 7 heteroatoms. The molecule has 0 aromatic heterocycles. The van der Waals surface area contributed by atoms with Crippen molar-refractivity contribution in [3.05, 3.63) is 23.5 Å². The second kappa shape index (κ2) is 7.87. The maximum atomic E-state index is 11.6. The van der Waals surface area contributed by atoms with Gasteiger partial charge in [0.1, 0.15) is 0 Å². The van der Waals surface area contributed by atoms with Crippen LogP contribution < -0.4 is 0 Å². The van der Waals surface area contributed by atoms with Crippen molar-refractivity contribution in [3.8, 4) is 0 Å². The predicted molar refractivity (Wildman–Crippen MR) is 117 cm³/mol. The molecule has 0 aromatic carbocycles. The van der Waals surface area contributed by atoms with E-state index in [0.29, 0.717) is 25.9 Å². The van der Waals surface area contributed by atoms with Gasteiger partial charge in [0.25, 0.3) is 0 Å². The number of rotatable bonds is 6. The van der Waals surface area contributed by atoms with E-state index < -0.39 is 35.0 Å². The normalized spacial score (nSPS) is 42.9. The van der Waals surface area contributed by atoms with Crippen molar-refractivity contribution in [2.45, 2.75) is 77.4 Å². The molecule has 2 fully saturated rings. The van der Waals surface area contributed by atoms with E-state index in [0.717, 1.165) is 25.0 Å². The molecule has 4 N–H and O–H groups in total. The molecule has 178 valence electrons. The Balaban J connectivity index is 1.66. The molecule has 0 aromatic rings. The highest BCUT2D eigenvalue weighted by Crippen LogP contribution is 2.67. The number of carbonyl (C=O) groups is 2. The van der Waals surface area contributed by atoms with Crippen LogP contribution in [-0.2, 0) is 14.3 Å². The van der Waals surface area contributed by atoms with Gasteiger partial charge in [0.15, 0.2) is 5.92 Å². The van der Waals surface area contributed by atoms with Gasteiger partial charge >= 0.3 is 11.9 Å². The summed E-state index contributed by atoms with van der Waals surface area (Å²) < 4.78 is 5.76. The second-order valence-electron chi connectivity index (χ2n) is 10.8. The van der Waals surface area contributed by atoms with Crippen LogP contribution in [0.15, 0.2) is 23.5 Å². The van der Waals surface area contributed by atoms with Crippen molar-refractivity contribution < 1.29 is 34.8 Å². The summed E-state index contributed by atoms with van der Waals surface area (Å²) in [6, 6.07) is 0. The van der Waals surface area contributed by atoms with Gasteiger partial charge in [-0.15, -0.1) is 0 Å². The Morgan fingerprint density at radius 3 is 2.53 bits per heavy atom. The Hall–Kier alpha value is -1.86. The minimum Gasteiger partial charge on any atom is -0.498 e. The molecule has 7 nitrogen and oxygen atoms in total. The minimum absolute atomic E-state index is 0.0529. The lowest BCUT2D eigenvalue weighted by atomic mass is 9.46. The van der Waals surface area contributed by atoms with Crippen molar-refractivity contribution in [1.29, 1.82) is 0 Å². The number of ether oxygens (including phenoxy) is 1. The molecule has 4 rings (SSSR count). The fourth-order valence-corrected chi connectivity index (χ4v) is 7.78. The van der Waals surface area contributed by atoms with Crippen LogP contribution >= 0.6 is 0 Å². The molecule has 0 spiro atoms. The van der Waals surface area contributed by atoms with Crippen LogP contribution in [0.3, 0.4) is 0 Å². The molecular weight excluding hydrogens is 412 g/mol. The van der Waals surface area contributed by atoms with Crippen molar-refractivity contribution in [3.63, 3.8) is 0 Å². The number of allylic oxidation sites excluding steroid dienone is 4. The van der Waals surface area contributed by atoms with Crippen LogP contribution in [0.5, 0.6) is 0 Å². The van der Waals surface area contributed by atoms with Gasteiger partial charge in [-0.3, -0.25) is 9.59 Å². The molecule has 0 aliphatic heterocycles. The number of fused-ring (bicyclic) bond motifs is 5. The number of carboxylic acid groups (broad SMARTS) is 2. The van der Waals surface area contributed by atoms with Crippen LogP contribution in [0, 0.1) is 34.5 Å². The largest absolute Gasteiger partial charge is 0.498 e. The topological polar surface area (TPSA) is 124 Å². The van der Waals surface area contributed by atoms with Gasteiger partial charge in [-0.1, -0.05) is 19.9 Å². The summed E-state index contributed by atoms with van der Waals surface area (Å²) in [4.78, 5) is 23.1. The number of hydrogen-bond donors (Lipinski definition) is 4. The average Bonchev–Trinajstić information content (AvgIpc) is 2.96. The third kappa shape index (κ3) is 3.31. The second-order valence-corrected chi connectivity index (χ2v) is 10.8. The maximum absolute atomic E-state index is 11.6. The van der Waals surface area contributed by atoms with Crippen molar-refractivity contribution in [2.75, 3.05) is 6.61 Å². The van der Waals surface area contributed by atoms with E-state index in [2.05, 4.69) is 19.1 Å². The number of carboxylic acids is 2. The fraction of sp³-hybridized carbons (Fsp3) is 0.760. The summed E-state index contributed by atoms with van der Waals surface area (Å²) in [6.07, 6.45) is 7.38. The molecule has 4 aliphatic carbocycles. The Labute approximate surface area is 189 Å². The molecule has 4 aliphatic rings. The van der Waals surface area contributed by atoms with E-state index in [9.17, 15) is 30.0 Å². The van der Waals surface area contributed by atoms with Gasteiger partial charge in [-0.2, -0.15) is 0 Å². The van der Waals surface area contributed by atoms with E-state index >= 15 is 0 Å². The van der Waals surface area contributed by atoms with Crippen LogP contribution in [0.2, 0.25) is 0 Å². The Bertz CT molecular complexity index is 848. The highest BCUT2D eigenvalue weighted by atomic mass is 16.5. The zero-order valence-corrected chi connectivity index (χ0v) is 19.2. The molecule has 2 saturated carbocycles. The molecule has 0 saturated heterocycles. The number of hydrogen-bond acceptors (Lipinski definition) is 5. The molecule has 0 bridgehead atoms. The summed E-state index contributed by atoms with van der Waals surface area (Å²) >= 11 is 0. The molecule has 32 heavy (non-hydrogen) atoms. The highest BCUT2D eigenvalue weighted by molar-refractivity contribution is 5.93. The SMILES string of the molecule is CCOC1=CC2=CC[C@@H]3[C@H]([C@H](O)C[C@@]4(C)[C@H]3CC[C@]4(O)CC(C(=O)O)C(=O)O)[C@@]2(C)CC1. The highest BCUT2D eigenvalue weighted by Gasteiger charge is 2.66. The molecule has 7 atom stereocenters. The van der Waals surface area contributed by atoms with Gasteiger partial charge in [-0.25, -0.2) is 0 Å². The van der Waals surface area contributed by atoms with Crippen molar-refractivity contribution in [1.82, 2.24) is 0 Å². The first-order valence-electron chi connectivity index (χ1n) is 11.9. The monoisotopic (exact) mass is 448 g/mol. The summed E-state index contributed by atoms with van der Waals surface area (Å²) in [5.74, 6) is -3.18. The smallest absolute Gasteiger partial charge is 0.317 e. The third-order valence-corrected chi connectivity index (χ3v) is 9.46. The van der Waals surface area contributed by atoms with Crippen LogP contribution in [0.4, 0.5) is 0 Å². The first kappa shape index (κ1) is 23.3. The van der Waals surface area contributed by atoms with E-state index in [1.54, 1.807) is 0 Å². The summed E-state index contributed by atoms with van der Waals surface area (Å²) in [7, 11) is 0. The zero-order valence-electron chi connectivity index (χ0n) is 19.2. The lowest BCUT2D eigenvalue weighted by Gasteiger charge is -2.60. The van der Waals surface area contributed by atoms with Gasteiger partial charge in [0.05, 0.1) is 24.1 Å². The Morgan fingerprint density at radius 2 is 1.91 bits per heavy atom. The summed E-state index contributed by atoms with van der Waals surface area (Å²) in [5, 5.41) is 41.9. The lowest BCUT2D eigenvalue weighted by molar-refractivity contribution is -0.179. The first-order chi connectivity index (χ1) is 15.0. The first-order valence-corrected chi connectivity index (χ1v) is 11.9. The number of aliphatic carboxylic acids is 2. The van der Waals surface area contributed by atoms with Crippen molar-refractivity contribution in [2.24, 2.45) is 34.5 Å². The van der Waals surface area contributed by atoms with E-state index in [4.69, 9.17) is 4.74 Å². The van der Waals surface area contributed by atoms with E-state index in [-0.39, 0.29) is 29.6 Å². The van der Waals surface area contributed by atoms with E-state index in [1.807, 2.05) is 13.8 Å². The van der Waals surface area contributed by atoms with Crippen LogP contribution in [0.25, 0.3) is 0 Å². The number of aliphatic hydroxyl groups is 2. The van der Waals surface area contributed by atoms with Crippen LogP contribution in [0.1, 0.15) is 65.7 Å². The number of aliphatic hydroxyl groups excluding tert-OH is 1. The molecular formula is C25H36O7. The third-order valence-electron chi connectivity index (χ3n) is 9.46. The quantitative estimate of drug-likeness (QED) is 0.459. The van der Waals surface area contributed by atoms with Gasteiger partial charge in [-0.05, 0) is 73.8 Å². The Kier molecular flexibility index (Phi) is 5.73. The van der Waals surface area contributed by atoms with Gasteiger partial charge in [0, 0.05) is 18.3 Å². The predicted octanol–water partition coefficient (Wildman–Crippen LogP) is 3.36. The van der Waals surface area contributed by atoms with Gasteiger partial charge in [0.2, 0.25) is 0 Å². The zero-order chi connectivity index (χ0) is 23.5. The molecule has 0 radical (unpaired) electrons. The van der Waals surface area contributed by atoms with Crippen LogP contribution in [-0.4, -0.2) is 50.7 Å². The lowest BCUT2D eigenvalue weighted by Crippen LogP contribution is -2.59. The molecule has 0 heterocycles. The molecule has 0 amide bonds. The van der Waals surface area contributed by atoms with Crippen molar-refractivity contribution >= 4 is 11.9 Å². The summed E-state index contributed by atoms with van der Waals surface area (Å²) in [5.41, 5.74) is -1.10. The standard InChI is InChI=1S/C25H36O7/c1-4-32-15-7-9-23(2)14(11-15)5-6-16-18-8-10-25(31,12-17(21(27)28)22(29)30)24(18,3)13-19(26)20(16)23/h5,11,16-20,26,31H,4,6-10,12-13H2,1-3H3,(H,27,28)(H,29,30)/t16-,18-,19+,20+,23-,24-,25-/m0/s1. The maximum Gasteiger partial charge on any atom is 0.317 e. The van der Waals surface area contributed by atoms with Gasteiger partial charge < -0.3 is 25.2 Å². The minimum atomic E-state index is -1.65. The Morgan fingerprint density at radius 1 is 1.22 bits per heavy atom. The molecule has 0 unspecified atom stereocenters.